The van der Waals surface area contributed by atoms with Crippen LogP contribution in [0, 0.1) is 9.39 Å². The number of carbonyl (C=O) groups is 1. The second kappa shape index (κ2) is 5.93. The molecule has 2 rings (SSSR count). The lowest BCUT2D eigenvalue weighted by Gasteiger charge is -2.10. The molecule has 0 spiro atoms. The molecule has 0 radical (unpaired) electrons. The Morgan fingerprint density at radius 3 is 2.79 bits per heavy atom. The van der Waals surface area contributed by atoms with E-state index in [-0.39, 0.29) is 11.7 Å². The summed E-state index contributed by atoms with van der Waals surface area (Å²) in [5.41, 5.74) is 3.71. The Bertz CT molecular complexity index is 620. The molecule has 2 aromatic rings. The number of rotatable bonds is 3. The van der Waals surface area contributed by atoms with E-state index in [9.17, 15) is 9.18 Å². The van der Waals surface area contributed by atoms with Crippen LogP contribution in [0.4, 0.5) is 15.8 Å². The number of benzene rings is 1. The smallest absolute Gasteiger partial charge is 0.257 e. The van der Waals surface area contributed by atoms with Crippen molar-refractivity contribution in [3.05, 3.63) is 51.6 Å². The zero-order valence-corrected chi connectivity index (χ0v) is 11.8. The minimum Gasteiger partial charge on any atom is -0.322 e. The first-order valence-electron chi connectivity index (χ1n) is 5.29. The van der Waals surface area contributed by atoms with Gasteiger partial charge in [0.25, 0.3) is 5.91 Å². The van der Waals surface area contributed by atoms with Crippen LogP contribution in [0.5, 0.6) is 0 Å². The number of nitrogens with one attached hydrogen (secondary N) is 2. The van der Waals surface area contributed by atoms with Gasteiger partial charge in [-0.1, -0.05) is 0 Å². The zero-order chi connectivity index (χ0) is 13.8. The average Bonchev–Trinajstić information content (AvgIpc) is 2.41. The Kier molecular flexibility index (Phi) is 4.27. The normalized spacial score (nSPS) is 10.1. The standard InChI is InChI=1S/C12H10FIN4O/c13-7-1-2-10(9(14)5-7)17-12(19)8-3-4-16-6-11(8)18-15/h1-6,18H,15H2,(H,17,19). The first kappa shape index (κ1) is 13.7. The Balaban J connectivity index is 2.26. The predicted molar refractivity (Wildman–Crippen MR) is 79.1 cm³/mol. The zero-order valence-electron chi connectivity index (χ0n) is 9.65. The highest BCUT2D eigenvalue weighted by Gasteiger charge is 2.12. The quantitative estimate of drug-likeness (QED) is 0.439. The van der Waals surface area contributed by atoms with Crippen LogP contribution in [0.25, 0.3) is 0 Å². The van der Waals surface area contributed by atoms with E-state index in [0.29, 0.717) is 20.5 Å². The summed E-state index contributed by atoms with van der Waals surface area (Å²) in [5.74, 6) is 4.61. The second-order valence-electron chi connectivity index (χ2n) is 3.64. The maximum atomic E-state index is 13.0. The number of hydrogen-bond acceptors (Lipinski definition) is 4. The van der Waals surface area contributed by atoms with Gasteiger partial charge in [-0.3, -0.25) is 15.6 Å². The van der Waals surface area contributed by atoms with Gasteiger partial charge in [-0.25, -0.2) is 4.39 Å². The molecular weight excluding hydrogens is 362 g/mol. The van der Waals surface area contributed by atoms with Crippen molar-refractivity contribution in [3.8, 4) is 0 Å². The maximum Gasteiger partial charge on any atom is 0.257 e. The first-order chi connectivity index (χ1) is 9.11. The van der Waals surface area contributed by atoms with Gasteiger partial charge in [0.05, 0.1) is 23.1 Å². The number of pyridine rings is 1. The van der Waals surface area contributed by atoms with Crippen LogP contribution in [0.15, 0.2) is 36.7 Å². The molecule has 0 unspecified atom stereocenters. The third-order valence-corrected chi connectivity index (χ3v) is 3.29. The summed E-state index contributed by atoms with van der Waals surface area (Å²) < 4.78 is 13.6. The number of nitrogen functional groups attached to an aromatic ring is 1. The van der Waals surface area contributed by atoms with Gasteiger partial charge in [0.15, 0.2) is 0 Å². The van der Waals surface area contributed by atoms with Crippen molar-refractivity contribution in [2.24, 2.45) is 5.84 Å². The van der Waals surface area contributed by atoms with Crippen molar-refractivity contribution in [2.45, 2.75) is 0 Å². The molecule has 0 aliphatic heterocycles. The van der Waals surface area contributed by atoms with Crippen LogP contribution in [0.1, 0.15) is 10.4 Å². The average molecular weight is 372 g/mol. The van der Waals surface area contributed by atoms with Gasteiger partial charge in [0, 0.05) is 9.77 Å². The number of halogens is 2. The predicted octanol–water partition coefficient (Wildman–Crippen LogP) is 2.36. The highest BCUT2D eigenvalue weighted by atomic mass is 127. The summed E-state index contributed by atoms with van der Waals surface area (Å²) in [6.07, 6.45) is 2.94. The fraction of sp³-hybridized carbons (Fsp3) is 0. The monoisotopic (exact) mass is 372 g/mol. The third-order valence-electron chi connectivity index (χ3n) is 2.40. The summed E-state index contributed by atoms with van der Waals surface area (Å²) in [6, 6.07) is 5.67. The van der Waals surface area contributed by atoms with Gasteiger partial charge >= 0.3 is 0 Å². The molecule has 1 heterocycles. The molecule has 4 N–H and O–H groups in total. The molecule has 0 bridgehead atoms. The number of hydrogen-bond donors (Lipinski definition) is 3. The molecule has 1 amide bonds. The van der Waals surface area contributed by atoms with E-state index in [1.807, 2.05) is 22.6 Å². The van der Waals surface area contributed by atoms with Crippen molar-refractivity contribution < 1.29 is 9.18 Å². The molecule has 19 heavy (non-hydrogen) atoms. The number of aromatic nitrogens is 1. The van der Waals surface area contributed by atoms with E-state index in [1.165, 1.54) is 30.6 Å². The van der Waals surface area contributed by atoms with Gasteiger partial charge in [-0.2, -0.15) is 0 Å². The number of anilines is 2. The Hall–Kier alpha value is -1.74. The van der Waals surface area contributed by atoms with Crippen LogP contribution in [-0.2, 0) is 0 Å². The third kappa shape index (κ3) is 3.18. The molecule has 0 saturated heterocycles. The molecule has 0 fully saturated rings. The van der Waals surface area contributed by atoms with E-state index < -0.39 is 0 Å². The molecule has 0 aliphatic carbocycles. The summed E-state index contributed by atoms with van der Waals surface area (Å²) in [4.78, 5) is 16.0. The first-order valence-corrected chi connectivity index (χ1v) is 6.36. The van der Waals surface area contributed by atoms with Crippen molar-refractivity contribution >= 4 is 39.9 Å². The molecule has 5 nitrogen and oxygen atoms in total. The highest BCUT2D eigenvalue weighted by Crippen LogP contribution is 2.21. The fourth-order valence-corrected chi connectivity index (χ4v) is 2.10. The largest absolute Gasteiger partial charge is 0.322 e. The molecule has 1 aromatic carbocycles. The van der Waals surface area contributed by atoms with E-state index in [2.05, 4.69) is 15.7 Å². The number of amides is 1. The highest BCUT2D eigenvalue weighted by molar-refractivity contribution is 14.1. The number of nitrogens with two attached hydrogens (primary N) is 1. The molecular formula is C12H10FIN4O. The summed E-state index contributed by atoms with van der Waals surface area (Å²) in [5, 5.41) is 2.69. The van der Waals surface area contributed by atoms with Crippen LogP contribution < -0.4 is 16.6 Å². The lowest BCUT2D eigenvalue weighted by molar-refractivity contribution is 0.102. The molecule has 98 valence electrons. The fourth-order valence-electron chi connectivity index (χ4n) is 1.49. The van der Waals surface area contributed by atoms with Crippen molar-refractivity contribution in [1.82, 2.24) is 4.98 Å². The minimum atomic E-state index is -0.351. The van der Waals surface area contributed by atoms with Crippen molar-refractivity contribution in [3.63, 3.8) is 0 Å². The van der Waals surface area contributed by atoms with E-state index in [4.69, 9.17) is 5.84 Å². The Morgan fingerprint density at radius 1 is 1.32 bits per heavy atom. The van der Waals surface area contributed by atoms with E-state index in [0.717, 1.165) is 0 Å². The molecule has 0 atom stereocenters. The van der Waals surface area contributed by atoms with Crippen LogP contribution in [0.2, 0.25) is 0 Å². The van der Waals surface area contributed by atoms with Gasteiger partial charge in [-0.15, -0.1) is 0 Å². The molecule has 0 saturated carbocycles. The minimum absolute atomic E-state index is 0.347. The molecule has 7 heteroatoms. The van der Waals surface area contributed by atoms with E-state index in [1.54, 1.807) is 6.07 Å². The van der Waals surface area contributed by atoms with Gasteiger partial charge in [0.2, 0.25) is 0 Å². The van der Waals surface area contributed by atoms with Crippen LogP contribution in [-0.4, -0.2) is 10.9 Å². The number of hydrazine groups is 1. The van der Waals surface area contributed by atoms with Gasteiger partial charge in [-0.05, 0) is 46.9 Å². The Labute approximate surface area is 122 Å². The summed E-state index contributed by atoms with van der Waals surface area (Å²) in [7, 11) is 0. The van der Waals surface area contributed by atoms with Crippen molar-refractivity contribution in [1.29, 1.82) is 0 Å². The summed E-state index contributed by atoms with van der Waals surface area (Å²) in [6.45, 7) is 0. The maximum absolute atomic E-state index is 13.0. The van der Waals surface area contributed by atoms with Crippen LogP contribution in [0.3, 0.4) is 0 Å². The van der Waals surface area contributed by atoms with Gasteiger partial charge in [0.1, 0.15) is 5.82 Å². The van der Waals surface area contributed by atoms with Crippen LogP contribution >= 0.6 is 22.6 Å². The number of nitrogens with zero attached hydrogens (tertiary/aromatic N) is 1. The molecule has 0 aliphatic rings. The van der Waals surface area contributed by atoms with Crippen molar-refractivity contribution in [2.75, 3.05) is 10.7 Å². The van der Waals surface area contributed by atoms with Gasteiger partial charge < -0.3 is 10.7 Å². The second-order valence-corrected chi connectivity index (χ2v) is 4.81. The topological polar surface area (TPSA) is 80.0 Å². The Morgan fingerprint density at radius 2 is 2.11 bits per heavy atom. The number of carbonyl (C=O) groups excluding carboxylic acids is 1. The lowest BCUT2D eigenvalue weighted by atomic mass is 10.2. The van der Waals surface area contributed by atoms with E-state index >= 15 is 0 Å². The molecule has 1 aromatic heterocycles. The summed E-state index contributed by atoms with van der Waals surface area (Å²) >= 11 is 1.95. The lowest BCUT2D eigenvalue weighted by Crippen LogP contribution is -2.18. The SMILES string of the molecule is NNc1cnccc1C(=O)Nc1ccc(F)cc1I.